The van der Waals surface area contributed by atoms with Crippen LogP contribution in [0.4, 0.5) is 5.69 Å². The Hall–Kier alpha value is -3.66. The second kappa shape index (κ2) is 7.53. The normalized spacial score (nSPS) is 10.8. The molecule has 0 aliphatic rings. The number of H-pyrrole nitrogens is 1. The number of nitrogens with zero attached hydrogens (tertiary/aromatic N) is 6. The van der Waals surface area contributed by atoms with Gasteiger partial charge in [0.05, 0.1) is 5.69 Å². The van der Waals surface area contributed by atoms with Crippen LogP contribution < -0.4 is 5.32 Å². The van der Waals surface area contributed by atoms with Gasteiger partial charge < -0.3 is 5.32 Å². The van der Waals surface area contributed by atoms with Crippen molar-refractivity contribution >= 4 is 23.8 Å². The molecule has 2 aromatic carbocycles. The van der Waals surface area contributed by atoms with Gasteiger partial charge in [-0.05, 0) is 47.8 Å². The van der Waals surface area contributed by atoms with Crippen LogP contribution in [0, 0.1) is 11.7 Å². The van der Waals surface area contributed by atoms with Crippen LogP contribution in [-0.4, -0.2) is 40.9 Å². The third kappa shape index (κ3) is 3.71. The number of rotatable bonds is 5. The molecule has 0 atom stereocenters. The van der Waals surface area contributed by atoms with Gasteiger partial charge in [0.1, 0.15) is 12.9 Å². The molecular formula is C18H16N8OS. The average molecular weight is 392 g/mol. The molecule has 10 heteroatoms. The number of tetrazole rings is 1. The van der Waals surface area contributed by atoms with Crippen LogP contribution in [0.5, 0.6) is 0 Å². The Balaban J connectivity index is 1.54. The van der Waals surface area contributed by atoms with Crippen LogP contribution in [0.25, 0.3) is 17.1 Å². The third-order valence-electron chi connectivity index (χ3n) is 4.11. The van der Waals surface area contributed by atoms with Gasteiger partial charge in [-0.2, -0.15) is 5.10 Å². The number of aromatic nitrogens is 7. The third-order valence-corrected chi connectivity index (χ3v) is 4.42. The molecule has 4 aromatic rings. The molecule has 0 aliphatic carbocycles. The van der Waals surface area contributed by atoms with E-state index in [4.69, 9.17) is 12.2 Å². The summed E-state index contributed by atoms with van der Waals surface area (Å²) in [4.78, 5) is 12.6. The van der Waals surface area contributed by atoms with Crippen molar-refractivity contribution in [1.29, 1.82) is 0 Å². The topological polar surface area (TPSA) is 106 Å². The second-order valence-corrected chi connectivity index (χ2v) is 6.54. The Morgan fingerprint density at radius 1 is 1.21 bits per heavy atom. The van der Waals surface area contributed by atoms with E-state index in [1.54, 1.807) is 16.7 Å². The number of amides is 1. The van der Waals surface area contributed by atoms with Gasteiger partial charge in [0.2, 0.25) is 5.91 Å². The van der Waals surface area contributed by atoms with Crippen molar-refractivity contribution in [2.24, 2.45) is 0 Å². The molecule has 2 heterocycles. The molecule has 2 N–H and O–H groups in total. The van der Waals surface area contributed by atoms with Crippen molar-refractivity contribution in [3.8, 4) is 17.1 Å². The smallest absolute Gasteiger partial charge is 0.244 e. The Morgan fingerprint density at radius 2 is 2.04 bits per heavy atom. The molecule has 0 aliphatic heterocycles. The summed E-state index contributed by atoms with van der Waals surface area (Å²) in [6.07, 6.45) is 1.49. The first-order valence-corrected chi connectivity index (χ1v) is 8.86. The van der Waals surface area contributed by atoms with Crippen LogP contribution >= 0.6 is 12.2 Å². The lowest BCUT2D eigenvalue weighted by atomic mass is 10.1. The highest BCUT2D eigenvalue weighted by Gasteiger charge is 2.13. The van der Waals surface area contributed by atoms with Gasteiger partial charge in [-0.25, -0.2) is 4.68 Å². The first-order chi connectivity index (χ1) is 13.6. The van der Waals surface area contributed by atoms with Gasteiger partial charge in [-0.1, -0.05) is 35.9 Å². The molecule has 0 fully saturated rings. The lowest BCUT2D eigenvalue weighted by molar-refractivity contribution is -0.116. The molecule has 140 valence electrons. The van der Waals surface area contributed by atoms with E-state index in [1.807, 2.05) is 43.3 Å². The largest absolute Gasteiger partial charge is 0.324 e. The van der Waals surface area contributed by atoms with Crippen LogP contribution in [0.3, 0.4) is 0 Å². The SMILES string of the molecule is Cc1ccc(-c2n[nH]c(=S)n2CC(=O)Nc2cccc(-n3cnnn3)c2)cc1. The van der Waals surface area contributed by atoms with Crippen LogP contribution in [-0.2, 0) is 11.3 Å². The molecule has 2 aromatic heterocycles. The molecular weight excluding hydrogens is 376 g/mol. The number of hydrogen-bond donors (Lipinski definition) is 2. The van der Waals surface area contributed by atoms with E-state index in [9.17, 15) is 4.79 Å². The van der Waals surface area contributed by atoms with Gasteiger partial charge >= 0.3 is 0 Å². The molecule has 0 saturated heterocycles. The van der Waals surface area contributed by atoms with E-state index >= 15 is 0 Å². The number of aryl methyl sites for hydroxylation is 1. The van der Waals surface area contributed by atoms with E-state index in [2.05, 4.69) is 31.0 Å². The number of nitrogens with one attached hydrogen (secondary N) is 2. The molecule has 0 bridgehead atoms. The summed E-state index contributed by atoms with van der Waals surface area (Å²) in [7, 11) is 0. The number of carbonyl (C=O) groups excluding carboxylic acids is 1. The fourth-order valence-corrected chi connectivity index (χ4v) is 2.93. The van der Waals surface area contributed by atoms with E-state index < -0.39 is 0 Å². The highest BCUT2D eigenvalue weighted by Crippen LogP contribution is 2.18. The van der Waals surface area contributed by atoms with Crippen molar-refractivity contribution in [3.63, 3.8) is 0 Å². The summed E-state index contributed by atoms with van der Waals surface area (Å²) in [5.41, 5.74) is 3.39. The molecule has 0 spiro atoms. The predicted molar refractivity (Wildman–Crippen MR) is 105 cm³/mol. The van der Waals surface area contributed by atoms with E-state index in [1.165, 1.54) is 11.0 Å². The van der Waals surface area contributed by atoms with Gasteiger partial charge in [0.25, 0.3) is 0 Å². The lowest BCUT2D eigenvalue weighted by Crippen LogP contribution is -2.19. The zero-order valence-corrected chi connectivity index (χ0v) is 15.7. The Labute approximate surface area is 165 Å². The summed E-state index contributed by atoms with van der Waals surface area (Å²) in [5.74, 6) is 0.391. The number of anilines is 1. The van der Waals surface area contributed by atoms with Crippen LogP contribution in [0.2, 0.25) is 0 Å². The maximum Gasteiger partial charge on any atom is 0.244 e. The number of aromatic amines is 1. The van der Waals surface area contributed by atoms with Gasteiger partial charge in [0.15, 0.2) is 10.6 Å². The Kier molecular flexibility index (Phi) is 4.77. The summed E-state index contributed by atoms with van der Waals surface area (Å²) < 4.78 is 3.56. The maximum atomic E-state index is 12.6. The molecule has 0 radical (unpaired) electrons. The lowest BCUT2D eigenvalue weighted by Gasteiger charge is -2.09. The molecule has 28 heavy (non-hydrogen) atoms. The first kappa shape index (κ1) is 17.7. The highest BCUT2D eigenvalue weighted by molar-refractivity contribution is 7.71. The van der Waals surface area contributed by atoms with Gasteiger partial charge in [-0.15, -0.1) is 5.10 Å². The summed E-state index contributed by atoms with van der Waals surface area (Å²) in [6, 6.07) is 15.1. The Bertz CT molecular complexity index is 1160. The fourth-order valence-electron chi connectivity index (χ4n) is 2.74. The minimum absolute atomic E-state index is 0.0354. The minimum atomic E-state index is -0.222. The molecule has 0 saturated carbocycles. The van der Waals surface area contributed by atoms with Gasteiger partial charge in [0, 0.05) is 11.3 Å². The molecule has 9 nitrogen and oxygen atoms in total. The summed E-state index contributed by atoms with van der Waals surface area (Å²) in [5, 5.41) is 21.0. The number of carbonyl (C=O) groups is 1. The van der Waals surface area contributed by atoms with E-state index in [0.29, 0.717) is 16.3 Å². The molecule has 1 amide bonds. The van der Waals surface area contributed by atoms with Crippen LogP contribution in [0.1, 0.15) is 5.56 Å². The number of benzene rings is 2. The second-order valence-electron chi connectivity index (χ2n) is 6.16. The van der Waals surface area contributed by atoms with Gasteiger partial charge in [-0.3, -0.25) is 14.5 Å². The van der Waals surface area contributed by atoms with Crippen molar-refractivity contribution in [1.82, 2.24) is 35.0 Å². The minimum Gasteiger partial charge on any atom is -0.324 e. The fraction of sp³-hybridized carbons (Fsp3) is 0.111. The average Bonchev–Trinajstić information content (AvgIpc) is 3.34. The number of hydrogen-bond acceptors (Lipinski definition) is 6. The maximum absolute atomic E-state index is 12.6. The standard InChI is InChI=1S/C18H16N8OS/c1-12-5-7-13(8-6-12)17-21-22-18(28)25(17)10-16(27)20-14-3-2-4-15(9-14)26-11-19-23-24-26/h2-9,11H,10H2,1H3,(H,20,27)(H,22,28). The summed E-state index contributed by atoms with van der Waals surface area (Å²) in [6.45, 7) is 2.05. The first-order valence-electron chi connectivity index (χ1n) is 8.46. The quantitative estimate of drug-likeness (QED) is 0.506. The predicted octanol–water partition coefficient (Wildman–Crippen LogP) is 2.53. The highest BCUT2D eigenvalue weighted by atomic mass is 32.1. The van der Waals surface area contributed by atoms with E-state index in [-0.39, 0.29) is 12.5 Å². The zero-order chi connectivity index (χ0) is 19.5. The molecule has 0 unspecified atom stereocenters. The van der Waals surface area contributed by atoms with Crippen molar-refractivity contribution in [2.45, 2.75) is 13.5 Å². The summed E-state index contributed by atoms with van der Waals surface area (Å²) >= 11 is 5.30. The zero-order valence-electron chi connectivity index (χ0n) is 14.9. The van der Waals surface area contributed by atoms with Crippen molar-refractivity contribution < 1.29 is 4.79 Å². The molecule has 4 rings (SSSR count). The van der Waals surface area contributed by atoms with Crippen molar-refractivity contribution in [3.05, 3.63) is 65.2 Å². The van der Waals surface area contributed by atoms with Crippen molar-refractivity contribution in [2.75, 3.05) is 5.32 Å². The monoisotopic (exact) mass is 392 g/mol. The Morgan fingerprint density at radius 3 is 2.79 bits per heavy atom. The van der Waals surface area contributed by atoms with E-state index in [0.717, 1.165) is 16.8 Å². The van der Waals surface area contributed by atoms with Crippen LogP contribution in [0.15, 0.2) is 54.9 Å².